The fourth-order valence-electron chi connectivity index (χ4n) is 1.67. The van der Waals surface area contributed by atoms with E-state index in [2.05, 4.69) is 31.2 Å². The fourth-order valence-corrected chi connectivity index (χ4v) is 2.11. The van der Waals surface area contributed by atoms with Gasteiger partial charge in [-0.25, -0.2) is 9.37 Å². The SMILES string of the molecule is O=C(NCCCc1ncc[nH]1)c1cccc(F)c1Br. The highest BCUT2D eigenvalue weighted by molar-refractivity contribution is 9.10. The van der Waals surface area contributed by atoms with Gasteiger partial charge in [0.2, 0.25) is 0 Å². The number of amides is 1. The maximum atomic E-state index is 13.3. The van der Waals surface area contributed by atoms with Crippen LogP contribution in [0.25, 0.3) is 0 Å². The van der Waals surface area contributed by atoms with Gasteiger partial charge in [-0.3, -0.25) is 4.79 Å². The van der Waals surface area contributed by atoms with Crippen LogP contribution in [0.1, 0.15) is 22.6 Å². The zero-order valence-corrected chi connectivity index (χ0v) is 11.7. The van der Waals surface area contributed by atoms with Crippen LogP contribution in [-0.2, 0) is 6.42 Å². The van der Waals surface area contributed by atoms with Crippen LogP contribution in [0, 0.1) is 5.82 Å². The zero-order chi connectivity index (χ0) is 13.7. The summed E-state index contributed by atoms with van der Waals surface area (Å²) in [5.74, 6) is 0.162. The van der Waals surface area contributed by atoms with E-state index in [1.54, 1.807) is 18.5 Å². The summed E-state index contributed by atoms with van der Waals surface area (Å²) in [4.78, 5) is 18.9. The molecular weight excluding hydrogens is 313 g/mol. The Kier molecular flexibility index (Phi) is 4.68. The number of halogens is 2. The fraction of sp³-hybridized carbons (Fsp3) is 0.231. The number of nitrogens with zero attached hydrogens (tertiary/aromatic N) is 1. The molecule has 0 aliphatic heterocycles. The molecule has 4 nitrogen and oxygen atoms in total. The molecule has 0 spiro atoms. The predicted octanol–water partition coefficient (Wildman–Crippen LogP) is 2.67. The van der Waals surface area contributed by atoms with Crippen LogP contribution < -0.4 is 5.32 Å². The standard InChI is InChI=1S/C13H13BrFN3O/c14-12-9(3-1-4-10(12)15)13(19)18-6-2-5-11-16-7-8-17-11/h1,3-4,7-8H,2,5-6H2,(H,16,17)(H,18,19). The van der Waals surface area contributed by atoms with Gasteiger partial charge in [0.25, 0.3) is 5.91 Å². The summed E-state index contributed by atoms with van der Waals surface area (Å²) < 4.78 is 13.5. The summed E-state index contributed by atoms with van der Waals surface area (Å²) in [5.41, 5.74) is 0.304. The van der Waals surface area contributed by atoms with E-state index < -0.39 is 5.82 Å². The van der Waals surface area contributed by atoms with Crippen molar-refractivity contribution in [2.45, 2.75) is 12.8 Å². The van der Waals surface area contributed by atoms with E-state index in [1.807, 2.05) is 0 Å². The topological polar surface area (TPSA) is 57.8 Å². The minimum Gasteiger partial charge on any atom is -0.352 e. The molecule has 0 bridgehead atoms. The van der Waals surface area contributed by atoms with Crippen molar-refractivity contribution in [2.24, 2.45) is 0 Å². The van der Waals surface area contributed by atoms with E-state index in [0.717, 1.165) is 18.7 Å². The number of carbonyl (C=O) groups is 1. The molecule has 0 unspecified atom stereocenters. The normalized spacial score (nSPS) is 10.4. The lowest BCUT2D eigenvalue weighted by atomic mass is 10.2. The monoisotopic (exact) mass is 325 g/mol. The molecular formula is C13H13BrFN3O. The van der Waals surface area contributed by atoms with Gasteiger partial charge in [0.05, 0.1) is 10.0 Å². The maximum Gasteiger partial charge on any atom is 0.252 e. The van der Waals surface area contributed by atoms with Crippen molar-refractivity contribution >= 4 is 21.8 Å². The Morgan fingerprint density at radius 2 is 2.32 bits per heavy atom. The summed E-state index contributed by atoms with van der Waals surface area (Å²) in [7, 11) is 0. The number of aromatic nitrogens is 2. The van der Waals surface area contributed by atoms with E-state index in [-0.39, 0.29) is 10.4 Å². The molecule has 1 amide bonds. The summed E-state index contributed by atoms with van der Waals surface area (Å²) in [5, 5.41) is 2.75. The van der Waals surface area contributed by atoms with Gasteiger partial charge in [-0.1, -0.05) is 6.07 Å². The van der Waals surface area contributed by atoms with Gasteiger partial charge in [-0.15, -0.1) is 0 Å². The third kappa shape index (κ3) is 3.64. The molecule has 2 aromatic rings. The molecule has 2 rings (SSSR count). The average Bonchev–Trinajstić information content (AvgIpc) is 2.91. The molecule has 0 atom stereocenters. The van der Waals surface area contributed by atoms with Crippen molar-refractivity contribution in [3.8, 4) is 0 Å². The Bertz CT molecular complexity index is 557. The van der Waals surface area contributed by atoms with Crippen molar-refractivity contribution in [1.82, 2.24) is 15.3 Å². The molecule has 0 fully saturated rings. The van der Waals surface area contributed by atoms with Crippen LogP contribution in [0.2, 0.25) is 0 Å². The van der Waals surface area contributed by atoms with E-state index in [4.69, 9.17) is 0 Å². The number of imidazole rings is 1. The largest absolute Gasteiger partial charge is 0.352 e. The van der Waals surface area contributed by atoms with Crippen molar-refractivity contribution in [3.05, 3.63) is 52.3 Å². The third-order valence-corrected chi connectivity index (χ3v) is 3.43. The van der Waals surface area contributed by atoms with Crippen LogP contribution in [0.15, 0.2) is 35.1 Å². The number of rotatable bonds is 5. The molecule has 0 aliphatic carbocycles. The summed E-state index contributed by atoms with van der Waals surface area (Å²) in [6.45, 7) is 0.516. The Hall–Kier alpha value is -1.69. The second-order valence-corrected chi connectivity index (χ2v) is 4.79. The van der Waals surface area contributed by atoms with Gasteiger partial charge >= 0.3 is 0 Å². The van der Waals surface area contributed by atoms with Crippen LogP contribution in [-0.4, -0.2) is 22.4 Å². The second kappa shape index (κ2) is 6.47. The molecule has 0 saturated carbocycles. The Morgan fingerprint density at radius 3 is 3.05 bits per heavy atom. The first-order valence-corrected chi connectivity index (χ1v) is 6.68. The molecule has 0 saturated heterocycles. The smallest absolute Gasteiger partial charge is 0.252 e. The van der Waals surface area contributed by atoms with Crippen molar-refractivity contribution in [1.29, 1.82) is 0 Å². The molecule has 2 N–H and O–H groups in total. The van der Waals surface area contributed by atoms with Crippen LogP contribution in [0.3, 0.4) is 0 Å². The maximum absolute atomic E-state index is 13.3. The molecule has 1 heterocycles. The number of aromatic amines is 1. The molecule has 6 heteroatoms. The lowest BCUT2D eigenvalue weighted by molar-refractivity contribution is 0.0952. The first-order chi connectivity index (χ1) is 9.18. The number of nitrogens with one attached hydrogen (secondary N) is 2. The van der Waals surface area contributed by atoms with E-state index in [0.29, 0.717) is 12.1 Å². The van der Waals surface area contributed by atoms with Gasteiger partial charge in [0.1, 0.15) is 11.6 Å². The van der Waals surface area contributed by atoms with Crippen LogP contribution in [0.4, 0.5) is 4.39 Å². The number of H-pyrrole nitrogens is 1. The van der Waals surface area contributed by atoms with Crippen molar-refractivity contribution in [2.75, 3.05) is 6.54 Å². The molecule has 0 radical (unpaired) electrons. The van der Waals surface area contributed by atoms with E-state index >= 15 is 0 Å². The molecule has 100 valence electrons. The lowest BCUT2D eigenvalue weighted by Crippen LogP contribution is -2.25. The van der Waals surface area contributed by atoms with Gasteiger partial charge in [-0.2, -0.15) is 0 Å². The highest BCUT2D eigenvalue weighted by atomic mass is 79.9. The van der Waals surface area contributed by atoms with Gasteiger partial charge in [0.15, 0.2) is 0 Å². The highest BCUT2D eigenvalue weighted by Gasteiger charge is 2.12. The number of aryl methyl sites for hydroxylation is 1. The predicted molar refractivity (Wildman–Crippen MR) is 73.3 cm³/mol. The third-order valence-electron chi connectivity index (χ3n) is 2.63. The van der Waals surface area contributed by atoms with E-state index in [9.17, 15) is 9.18 Å². The number of hydrogen-bond donors (Lipinski definition) is 2. The Labute approximate surface area is 118 Å². The second-order valence-electron chi connectivity index (χ2n) is 4.00. The summed E-state index contributed by atoms with van der Waals surface area (Å²) >= 11 is 3.07. The molecule has 19 heavy (non-hydrogen) atoms. The Morgan fingerprint density at radius 1 is 1.47 bits per heavy atom. The first-order valence-electron chi connectivity index (χ1n) is 5.89. The number of hydrogen-bond acceptors (Lipinski definition) is 2. The minimum absolute atomic E-state index is 0.193. The average molecular weight is 326 g/mol. The minimum atomic E-state index is -0.441. The zero-order valence-electron chi connectivity index (χ0n) is 10.1. The Balaban J connectivity index is 1.83. The van der Waals surface area contributed by atoms with Gasteiger partial charge in [0, 0.05) is 25.4 Å². The summed E-state index contributed by atoms with van der Waals surface area (Å²) in [6, 6.07) is 4.39. The van der Waals surface area contributed by atoms with Crippen LogP contribution in [0.5, 0.6) is 0 Å². The van der Waals surface area contributed by atoms with E-state index in [1.165, 1.54) is 12.1 Å². The number of benzene rings is 1. The van der Waals surface area contributed by atoms with Crippen LogP contribution >= 0.6 is 15.9 Å². The highest BCUT2D eigenvalue weighted by Crippen LogP contribution is 2.20. The number of carbonyl (C=O) groups excluding carboxylic acids is 1. The summed E-state index contributed by atoms with van der Waals surface area (Å²) in [6.07, 6.45) is 4.99. The molecule has 0 aliphatic rings. The molecule has 1 aromatic carbocycles. The van der Waals surface area contributed by atoms with Gasteiger partial charge < -0.3 is 10.3 Å². The lowest BCUT2D eigenvalue weighted by Gasteiger charge is -2.06. The quantitative estimate of drug-likeness (QED) is 0.830. The van der Waals surface area contributed by atoms with Crippen molar-refractivity contribution < 1.29 is 9.18 Å². The van der Waals surface area contributed by atoms with Gasteiger partial charge in [-0.05, 0) is 34.5 Å². The first kappa shape index (κ1) is 13.7. The molecule has 1 aromatic heterocycles. The van der Waals surface area contributed by atoms with Crippen molar-refractivity contribution in [3.63, 3.8) is 0 Å².